The van der Waals surface area contributed by atoms with Crippen LogP contribution in [0.25, 0.3) is 0 Å². The standard InChI is InChI=1S/C14H15BrN2/c1-9-3-6-12(16)14(7-9)17-13-8-11(15)5-4-10(13)2/h3-8,17H,16H2,1-2H3. The van der Waals surface area contributed by atoms with Crippen LogP contribution < -0.4 is 11.1 Å². The van der Waals surface area contributed by atoms with Gasteiger partial charge in [0.2, 0.25) is 0 Å². The number of halogens is 1. The van der Waals surface area contributed by atoms with E-state index in [-0.39, 0.29) is 0 Å². The van der Waals surface area contributed by atoms with Crippen molar-refractivity contribution >= 4 is 33.0 Å². The van der Waals surface area contributed by atoms with Crippen LogP contribution >= 0.6 is 15.9 Å². The summed E-state index contributed by atoms with van der Waals surface area (Å²) in [5.41, 5.74) is 11.1. The van der Waals surface area contributed by atoms with E-state index in [1.54, 1.807) is 0 Å². The van der Waals surface area contributed by atoms with Gasteiger partial charge in [0, 0.05) is 10.2 Å². The van der Waals surface area contributed by atoms with Gasteiger partial charge in [0.1, 0.15) is 0 Å². The van der Waals surface area contributed by atoms with E-state index in [0.29, 0.717) is 0 Å². The summed E-state index contributed by atoms with van der Waals surface area (Å²) in [6.07, 6.45) is 0. The predicted molar refractivity (Wildman–Crippen MR) is 77.8 cm³/mol. The largest absolute Gasteiger partial charge is 0.397 e. The molecular formula is C14H15BrN2. The van der Waals surface area contributed by atoms with Crippen molar-refractivity contribution in [3.63, 3.8) is 0 Å². The Morgan fingerprint density at radius 2 is 1.76 bits per heavy atom. The molecule has 0 aliphatic rings. The minimum atomic E-state index is 0.759. The lowest BCUT2D eigenvalue weighted by molar-refractivity contribution is 1.40. The van der Waals surface area contributed by atoms with Gasteiger partial charge >= 0.3 is 0 Å². The van der Waals surface area contributed by atoms with Crippen molar-refractivity contribution in [2.24, 2.45) is 0 Å². The van der Waals surface area contributed by atoms with E-state index in [2.05, 4.69) is 53.3 Å². The summed E-state index contributed by atoms with van der Waals surface area (Å²) in [7, 11) is 0. The maximum atomic E-state index is 5.95. The molecule has 0 spiro atoms. The van der Waals surface area contributed by atoms with Crippen molar-refractivity contribution in [1.29, 1.82) is 0 Å². The highest BCUT2D eigenvalue weighted by atomic mass is 79.9. The zero-order valence-corrected chi connectivity index (χ0v) is 11.5. The van der Waals surface area contributed by atoms with Crippen LogP contribution in [0.4, 0.5) is 17.1 Å². The fourth-order valence-corrected chi connectivity index (χ4v) is 2.01. The van der Waals surface area contributed by atoms with E-state index in [9.17, 15) is 0 Å². The van der Waals surface area contributed by atoms with Crippen LogP contribution in [0.15, 0.2) is 40.9 Å². The SMILES string of the molecule is Cc1ccc(N)c(Nc2cc(Br)ccc2C)c1. The molecule has 0 heterocycles. The van der Waals surface area contributed by atoms with Gasteiger partial charge in [-0.25, -0.2) is 0 Å². The molecule has 2 aromatic rings. The number of anilines is 3. The van der Waals surface area contributed by atoms with E-state index < -0.39 is 0 Å². The molecule has 0 saturated carbocycles. The van der Waals surface area contributed by atoms with Crippen LogP contribution in [-0.2, 0) is 0 Å². The molecule has 0 aliphatic carbocycles. The summed E-state index contributed by atoms with van der Waals surface area (Å²) in [5.74, 6) is 0. The molecule has 0 saturated heterocycles. The third kappa shape index (κ3) is 2.80. The lowest BCUT2D eigenvalue weighted by Crippen LogP contribution is -1.98. The number of hydrogen-bond donors (Lipinski definition) is 2. The summed E-state index contributed by atoms with van der Waals surface area (Å²) >= 11 is 3.47. The maximum absolute atomic E-state index is 5.95. The van der Waals surface area contributed by atoms with E-state index >= 15 is 0 Å². The third-order valence-corrected chi connectivity index (χ3v) is 3.17. The molecule has 0 fully saturated rings. The van der Waals surface area contributed by atoms with Crippen molar-refractivity contribution in [2.45, 2.75) is 13.8 Å². The Bertz CT molecular complexity index is 500. The summed E-state index contributed by atoms with van der Waals surface area (Å²) in [6.45, 7) is 4.12. The maximum Gasteiger partial charge on any atom is 0.0620 e. The van der Waals surface area contributed by atoms with Crippen molar-refractivity contribution in [1.82, 2.24) is 0 Å². The fraction of sp³-hybridized carbons (Fsp3) is 0.143. The normalized spacial score (nSPS) is 10.3. The number of hydrogen-bond acceptors (Lipinski definition) is 2. The third-order valence-electron chi connectivity index (χ3n) is 2.68. The Balaban J connectivity index is 2.37. The first-order valence-corrected chi connectivity index (χ1v) is 6.25. The van der Waals surface area contributed by atoms with Gasteiger partial charge < -0.3 is 11.1 Å². The molecule has 0 amide bonds. The smallest absolute Gasteiger partial charge is 0.0620 e. The van der Waals surface area contributed by atoms with Gasteiger partial charge in [0.15, 0.2) is 0 Å². The van der Waals surface area contributed by atoms with Gasteiger partial charge in [-0.3, -0.25) is 0 Å². The van der Waals surface area contributed by atoms with Gasteiger partial charge in [-0.05, 0) is 49.2 Å². The molecule has 0 radical (unpaired) electrons. The quantitative estimate of drug-likeness (QED) is 0.805. The van der Waals surface area contributed by atoms with Crippen LogP contribution in [0.3, 0.4) is 0 Å². The highest BCUT2D eigenvalue weighted by molar-refractivity contribution is 9.10. The van der Waals surface area contributed by atoms with Crippen LogP contribution in [-0.4, -0.2) is 0 Å². The van der Waals surface area contributed by atoms with Crippen LogP contribution in [0.1, 0.15) is 11.1 Å². The molecule has 88 valence electrons. The monoisotopic (exact) mass is 290 g/mol. The van der Waals surface area contributed by atoms with Crippen LogP contribution in [0, 0.1) is 13.8 Å². The first-order valence-electron chi connectivity index (χ1n) is 5.45. The Hall–Kier alpha value is -1.48. The zero-order chi connectivity index (χ0) is 12.4. The second-order valence-corrected chi connectivity index (χ2v) is 5.09. The van der Waals surface area contributed by atoms with Crippen LogP contribution in [0.2, 0.25) is 0 Å². The molecule has 0 aliphatic heterocycles. The molecule has 3 heteroatoms. The summed E-state index contributed by atoms with van der Waals surface area (Å²) in [5, 5.41) is 3.37. The van der Waals surface area contributed by atoms with Crippen molar-refractivity contribution in [2.75, 3.05) is 11.1 Å². The molecule has 0 atom stereocenters. The topological polar surface area (TPSA) is 38.0 Å². The average Bonchev–Trinajstić information content (AvgIpc) is 2.28. The zero-order valence-electron chi connectivity index (χ0n) is 9.92. The second kappa shape index (κ2) is 4.80. The Morgan fingerprint density at radius 1 is 1.00 bits per heavy atom. The van der Waals surface area contributed by atoms with Gasteiger partial charge in [0.25, 0.3) is 0 Å². The van der Waals surface area contributed by atoms with Crippen molar-refractivity contribution in [3.05, 3.63) is 52.0 Å². The van der Waals surface area contributed by atoms with E-state index in [1.807, 2.05) is 18.2 Å². The average molecular weight is 291 g/mol. The number of nitrogen functional groups attached to an aromatic ring is 1. The van der Waals surface area contributed by atoms with E-state index in [4.69, 9.17) is 5.73 Å². The molecule has 0 aromatic heterocycles. The molecule has 2 rings (SSSR count). The van der Waals surface area contributed by atoms with Crippen molar-refractivity contribution < 1.29 is 0 Å². The van der Waals surface area contributed by atoms with E-state index in [1.165, 1.54) is 11.1 Å². The lowest BCUT2D eigenvalue weighted by Gasteiger charge is -2.12. The Morgan fingerprint density at radius 3 is 2.53 bits per heavy atom. The van der Waals surface area contributed by atoms with Gasteiger partial charge in [0.05, 0.1) is 11.4 Å². The lowest BCUT2D eigenvalue weighted by atomic mass is 10.1. The number of benzene rings is 2. The summed E-state index contributed by atoms with van der Waals surface area (Å²) in [4.78, 5) is 0. The number of nitrogens with two attached hydrogens (primary N) is 1. The minimum Gasteiger partial charge on any atom is -0.397 e. The van der Waals surface area contributed by atoms with Crippen LogP contribution in [0.5, 0.6) is 0 Å². The fourth-order valence-electron chi connectivity index (χ4n) is 1.65. The Kier molecular flexibility index (Phi) is 3.38. The first kappa shape index (κ1) is 12.0. The highest BCUT2D eigenvalue weighted by Crippen LogP contribution is 2.28. The number of aryl methyl sites for hydroxylation is 2. The molecule has 2 aromatic carbocycles. The molecule has 0 unspecified atom stereocenters. The first-order chi connectivity index (χ1) is 8.06. The van der Waals surface area contributed by atoms with Crippen molar-refractivity contribution in [3.8, 4) is 0 Å². The molecule has 2 nitrogen and oxygen atoms in total. The minimum absolute atomic E-state index is 0.759. The highest BCUT2D eigenvalue weighted by Gasteiger charge is 2.03. The number of rotatable bonds is 2. The van der Waals surface area contributed by atoms with Gasteiger partial charge in [-0.15, -0.1) is 0 Å². The molecule has 17 heavy (non-hydrogen) atoms. The second-order valence-electron chi connectivity index (χ2n) is 4.17. The van der Waals surface area contributed by atoms with Gasteiger partial charge in [-0.1, -0.05) is 28.1 Å². The molecule has 0 bridgehead atoms. The van der Waals surface area contributed by atoms with Gasteiger partial charge in [-0.2, -0.15) is 0 Å². The molecule has 3 N–H and O–H groups in total. The van der Waals surface area contributed by atoms with E-state index in [0.717, 1.165) is 21.5 Å². The summed E-state index contributed by atoms with van der Waals surface area (Å²) < 4.78 is 1.05. The molecular weight excluding hydrogens is 276 g/mol. The predicted octanol–water partition coefficient (Wildman–Crippen LogP) is 4.39. The Labute approximate surface area is 110 Å². The number of nitrogens with one attached hydrogen (secondary N) is 1. The summed E-state index contributed by atoms with van der Waals surface area (Å²) in [6, 6.07) is 12.1.